The van der Waals surface area contributed by atoms with Gasteiger partial charge in [0, 0.05) is 28.5 Å². The highest BCUT2D eigenvalue weighted by Crippen LogP contribution is 2.36. The molecule has 0 saturated carbocycles. The standard InChI is InChI=1S/C17H12Cl3NO/c18-11-6-7-15(21-8-1-2-9-21)13(10-11)17(22)12-4-3-5-14(19)16(12)20/h1-10,17,22H. The molecule has 0 saturated heterocycles. The molecule has 3 rings (SSSR count). The second-order valence-corrected chi connectivity index (χ2v) is 6.06. The molecule has 2 aromatic carbocycles. The molecule has 0 fully saturated rings. The quantitative estimate of drug-likeness (QED) is 0.659. The molecule has 0 spiro atoms. The number of aromatic nitrogens is 1. The molecule has 1 atom stereocenters. The fourth-order valence-electron chi connectivity index (χ4n) is 2.37. The van der Waals surface area contributed by atoms with Crippen molar-refractivity contribution in [2.75, 3.05) is 0 Å². The lowest BCUT2D eigenvalue weighted by Crippen LogP contribution is -2.06. The topological polar surface area (TPSA) is 25.2 Å². The zero-order valence-electron chi connectivity index (χ0n) is 11.4. The van der Waals surface area contributed by atoms with Crippen molar-refractivity contribution in [2.45, 2.75) is 6.10 Å². The van der Waals surface area contributed by atoms with E-state index in [0.29, 0.717) is 26.2 Å². The van der Waals surface area contributed by atoms with Crippen LogP contribution in [0.4, 0.5) is 0 Å². The van der Waals surface area contributed by atoms with Crippen molar-refractivity contribution in [1.29, 1.82) is 0 Å². The number of hydrogen-bond donors (Lipinski definition) is 1. The number of aliphatic hydroxyl groups is 1. The first-order chi connectivity index (χ1) is 10.6. The zero-order chi connectivity index (χ0) is 15.7. The van der Waals surface area contributed by atoms with Gasteiger partial charge in [-0.05, 0) is 36.4 Å². The largest absolute Gasteiger partial charge is 0.384 e. The number of rotatable bonds is 3. The number of aliphatic hydroxyl groups excluding tert-OH is 1. The molecular formula is C17H12Cl3NO. The molecule has 112 valence electrons. The highest BCUT2D eigenvalue weighted by molar-refractivity contribution is 6.42. The summed E-state index contributed by atoms with van der Waals surface area (Å²) in [6, 6.07) is 14.4. The Morgan fingerprint density at radius 3 is 2.32 bits per heavy atom. The van der Waals surface area contributed by atoms with Crippen molar-refractivity contribution in [3.63, 3.8) is 0 Å². The van der Waals surface area contributed by atoms with Crippen LogP contribution in [0.1, 0.15) is 17.2 Å². The normalized spacial score (nSPS) is 12.4. The van der Waals surface area contributed by atoms with E-state index >= 15 is 0 Å². The lowest BCUT2D eigenvalue weighted by molar-refractivity contribution is 0.220. The van der Waals surface area contributed by atoms with Crippen molar-refractivity contribution < 1.29 is 5.11 Å². The summed E-state index contributed by atoms with van der Waals surface area (Å²) >= 11 is 18.4. The van der Waals surface area contributed by atoms with Crippen LogP contribution in [0.2, 0.25) is 15.1 Å². The first kappa shape index (κ1) is 15.4. The van der Waals surface area contributed by atoms with Crippen LogP contribution in [0, 0.1) is 0 Å². The van der Waals surface area contributed by atoms with Gasteiger partial charge in [-0.2, -0.15) is 0 Å². The lowest BCUT2D eigenvalue weighted by Gasteiger charge is -2.18. The van der Waals surface area contributed by atoms with Crippen molar-refractivity contribution in [1.82, 2.24) is 4.57 Å². The van der Waals surface area contributed by atoms with Crippen LogP contribution in [0.5, 0.6) is 0 Å². The van der Waals surface area contributed by atoms with Crippen LogP contribution < -0.4 is 0 Å². The molecule has 5 heteroatoms. The summed E-state index contributed by atoms with van der Waals surface area (Å²) in [5.74, 6) is 0. The first-order valence-electron chi connectivity index (χ1n) is 6.62. The molecule has 0 bridgehead atoms. The second-order valence-electron chi connectivity index (χ2n) is 4.84. The number of nitrogens with zero attached hydrogens (tertiary/aromatic N) is 1. The monoisotopic (exact) mass is 351 g/mol. The highest BCUT2D eigenvalue weighted by atomic mass is 35.5. The summed E-state index contributed by atoms with van der Waals surface area (Å²) in [4.78, 5) is 0. The van der Waals surface area contributed by atoms with Crippen LogP contribution in [0.3, 0.4) is 0 Å². The van der Waals surface area contributed by atoms with Crippen LogP contribution in [-0.2, 0) is 0 Å². The molecule has 0 radical (unpaired) electrons. The van der Waals surface area contributed by atoms with Crippen molar-refractivity contribution in [3.05, 3.63) is 87.1 Å². The third-order valence-corrected chi connectivity index (χ3v) is 4.51. The Morgan fingerprint density at radius 2 is 1.59 bits per heavy atom. The third-order valence-electron chi connectivity index (χ3n) is 3.44. The Bertz CT molecular complexity index is 800. The van der Waals surface area contributed by atoms with E-state index in [-0.39, 0.29) is 0 Å². The van der Waals surface area contributed by atoms with E-state index in [2.05, 4.69) is 0 Å². The predicted molar refractivity (Wildman–Crippen MR) is 91.3 cm³/mol. The van der Waals surface area contributed by atoms with Gasteiger partial charge in [0.25, 0.3) is 0 Å². The van der Waals surface area contributed by atoms with Gasteiger partial charge in [0.05, 0.1) is 15.7 Å². The minimum atomic E-state index is -0.928. The van der Waals surface area contributed by atoms with Crippen LogP contribution >= 0.6 is 34.8 Å². The van der Waals surface area contributed by atoms with E-state index in [0.717, 1.165) is 5.69 Å². The van der Waals surface area contributed by atoms with Gasteiger partial charge < -0.3 is 9.67 Å². The molecule has 0 aliphatic rings. The van der Waals surface area contributed by atoms with Gasteiger partial charge >= 0.3 is 0 Å². The van der Waals surface area contributed by atoms with E-state index in [1.54, 1.807) is 30.3 Å². The van der Waals surface area contributed by atoms with Crippen molar-refractivity contribution >= 4 is 34.8 Å². The van der Waals surface area contributed by atoms with Gasteiger partial charge in [0.15, 0.2) is 0 Å². The van der Waals surface area contributed by atoms with Crippen molar-refractivity contribution in [2.24, 2.45) is 0 Å². The maximum Gasteiger partial charge on any atom is 0.108 e. The molecular weight excluding hydrogens is 341 g/mol. The summed E-state index contributed by atoms with van der Waals surface area (Å²) in [7, 11) is 0. The van der Waals surface area contributed by atoms with Crippen LogP contribution in [0.15, 0.2) is 60.9 Å². The highest BCUT2D eigenvalue weighted by Gasteiger charge is 2.19. The van der Waals surface area contributed by atoms with E-state index in [4.69, 9.17) is 34.8 Å². The van der Waals surface area contributed by atoms with Gasteiger partial charge in [-0.1, -0.05) is 46.9 Å². The molecule has 3 aromatic rings. The Kier molecular flexibility index (Phi) is 4.46. The third kappa shape index (κ3) is 2.88. The molecule has 0 aliphatic heterocycles. The molecule has 0 aliphatic carbocycles. The zero-order valence-corrected chi connectivity index (χ0v) is 13.6. The molecule has 2 nitrogen and oxygen atoms in total. The fraction of sp³-hybridized carbons (Fsp3) is 0.0588. The Labute approximate surface area is 143 Å². The maximum absolute atomic E-state index is 10.8. The predicted octanol–water partition coefficient (Wildman–Crippen LogP) is 5.52. The molecule has 1 N–H and O–H groups in total. The van der Waals surface area contributed by atoms with Gasteiger partial charge in [-0.25, -0.2) is 0 Å². The van der Waals surface area contributed by atoms with E-state index in [1.807, 2.05) is 35.2 Å². The minimum Gasteiger partial charge on any atom is -0.384 e. The molecule has 0 amide bonds. The first-order valence-corrected chi connectivity index (χ1v) is 7.76. The summed E-state index contributed by atoms with van der Waals surface area (Å²) in [6.45, 7) is 0. The second kappa shape index (κ2) is 6.35. The van der Waals surface area contributed by atoms with E-state index in [9.17, 15) is 5.11 Å². The van der Waals surface area contributed by atoms with E-state index < -0.39 is 6.10 Å². The Morgan fingerprint density at radius 1 is 0.864 bits per heavy atom. The smallest absolute Gasteiger partial charge is 0.108 e. The summed E-state index contributed by atoms with van der Waals surface area (Å²) < 4.78 is 1.91. The van der Waals surface area contributed by atoms with E-state index in [1.165, 1.54) is 0 Å². The van der Waals surface area contributed by atoms with Gasteiger partial charge in [-0.15, -0.1) is 0 Å². The number of halogens is 3. The molecule has 1 heterocycles. The molecule has 22 heavy (non-hydrogen) atoms. The van der Waals surface area contributed by atoms with Crippen molar-refractivity contribution in [3.8, 4) is 5.69 Å². The van der Waals surface area contributed by atoms with Crippen LogP contribution in [-0.4, -0.2) is 9.67 Å². The SMILES string of the molecule is OC(c1cc(Cl)ccc1-n1cccc1)c1cccc(Cl)c1Cl. The van der Waals surface area contributed by atoms with Gasteiger partial charge in [0.2, 0.25) is 0 Å². The average molecular weight is 353 g/mol. The Hall–Kier alpha value is -1.45. The van der Waals surface area contributed by atoms with Crippen LogP contribution in [0.25, 0.3) is 5.69 Å². The maximum atomic E-state index is 10.8. The lowest BCUT2D eigenvalue weighted by atomic mass is 9.99. The fourth-order valence-corrected chi connectivity index (χ4v) is 2.97. The molecule has 1 aromatic heterocycles. The summed E-state index contributed by atoms with van der Waals surface area (Å²) in [5.41, 5.74) is 2.04. The average Bonchev–Trinajstić information content (AvgIpc) is 3.03. The summed E-state index contributed by atoms with van der Waals surface area (Å²) in [6.07, 6.45) is 2.88. The Balaban J connectivity index is 2.15. The summed E-state index contributed by atoms with van der Waals surface area (Å²) in [5, 5.41) is 12.1. The number of benzene rings is 2. The van der Waals surface area contributed by atoms with Gasteiger partial charge in [0.1, 0.15) is 6.10 Å². The minimum absolute atomic E-state index is 0.343. The van der Waals surface area contributed by atoms with Gasteiger partial charge in [-0.3, -0.25) is 0 Å². The number of hydrogen-bond acceptors (Lipinski definition) is 1. The molecule has 1 unspecified atom stereocenters.